The number of carbonyl (C=O) groups excluding carboxylic acids is 2. The number of aromatic nitrogens is 4. The summed E-state index contributed by atoms with van der Waals surface area (Å²) in [6.07, 6.45) is 4.02. The first-order valence-electron chi connectivity index (χ1n) is 10.3. The van der Waals surface area contributed by atoms with Crippen molar-refractivity contribution in [3.8, 4) is 5.69 Å². The number of ether oxygens (including phenoxy) is 1. The predicted molar refractivity (Wildman–Crippen MR) is 107 cm³/mol. The summed E-state index contributed by atoms with van der Waals surface area (Å²) in [5, 5.41) is 12.5. The summed E-state index contributed by atoms with van der Waals surface area (Å²) in [6.45, 7) is 6.18. The highest BCUT2D eigenvalue weighted by atomic mass is 16.5. The standard InChI is InChI=1S/C21H29N5O3/c1-5-18(27)25(4)21(12-10-15(3)11-13-21)20-22-23-24-26(20)17-9-7-8-16(14-17)19(28)29-6-2/h7-9,14-15H,5-6,10-13H2,1-4H3. The molecule has 1 aliphatic rings. The van der Waals surface area contributed by atoms with Gasteiger partial charge in [0.05, 0.1) is 17.9 Å². The van der Waals surface area contributed by atoms with Gasteiger partial charge in [-0.2, -0.15) is 4.68 Å². The lowest BCUT2D eigenvalue weighted by Gasteiger charge is -2.44. The van der Waals surface area contributed by atoms with Crippen LogP contribution in [0.2, 0.25) is 0 Å². The lowest BCUT2D eigenvalue weighted by Crippen LogP contribution is -2.50. The van der Waals surface area contributed by atoms with Gasteiger partial charge < -0.3 is 9.64 Å². The molecule has 0 saturated heterocycles. The van der Waals surface area contributed by atoms with Crippen molar-refractivity contribution in [2.24, 2.45) is 5.92 Å². The Hall–Kier alpha value is -2.77. The molecule has 0 spiro atoms. The van der Waals surface area contributed by atoms with Gasteiger partial charge in [-0.3, -0.25) is 4.79 Å². The molecule has 156 valence electrons. The average Bonchev–Trinajstić information content (AvgIpc) is 3.24. The number of nitrogens with zero attached hydrogens (tertiary/aromatic N) is 5. The Morgan fingerprint density at radius 2 is 2.00 bits per heavy atom. The molecule has 1 aliphatic carbocycles. The number of tetrazole rings is 1. The van der Waals surface area contributed by atoms with Crippen LogP contribution in [0.25, 0.3) is 5.69 Å². The Morgan fingerprint density at radius 3 is 2.66 bits per heavy atom. The van der Waals surface area contributed by atoms with Crippen molar-refractivity contribution in [2.45, 2.75) is 58.4 Å². The summed E-state index contributed by atoms with van der Waals surface area (Å²) >= 11 is 0. The first kappa shape index (κ1) is 21.0. The highest BCUT2D eigenvalue weighted by molar-refractivity contribution is 5.90. The minimum atomic E-state index is -0.566. The van der Waals surface area contributed by atoms with Crippen molar-refractivity contribution in [1.29, 1.82) is 0 Å². The molecular weight excluding hydrogens is 370 g/mol. The van der Waals surface area contributed by atoms with Crippen molar-refractivity contribution in [2.75, 3.05) is 13.7 Å². The lowest BCUT2D eigenvalue weighted by molar-refractivity contribution is -0.138. The number of hydrogen-bond acceptors (Lipinski definition) is 6. The van der Waals surface area contributed by atoms with Crippen LogP contribution in [0.1, 0.15) is 69.1 Å². The van der Waals surface area contributed by atoms with Crippen LogP contribution in [0.5, 0.6) is 0 Å². The summed E-state index contributed by atoms with van der Waals surface area (Å²) in [6, 6.07) is 7.06. The Labute approximate surface area is 171 Å². The fraction of sp³-hybridized carbons (Fsp3) is 0.571. The normalized spacial score (nSPS) is 21.6. The van der Waals surface area contributed by atoms with E-state index in [-0.39, 0.29) is 11.9 Å². The molecule has 0 unspecified atom stereocenters. The largest absolute Gasteiger partial charge is 0.462 e. The van der Waals surface area contributed by atoms with Gasteiger partial charge in [-0.15, -0.1) is 5.10 Å². The van der Waals surface area contributed by atoms with Crippen LogP contribution in [-0.2, 0) is 15.1 Å². The Bertz CT molecular complexity index is 871. The molecule has 0 aliphatic heterocycles. The SMILES string of the molecule is CCOC(=O)c1cccc(-n2nnnc2C2(N(C)C(=O)CC)CCC(C)CC2)c1. The van der Waals surface area contributed by atoms with Gasteiger partial charge in [0.2, 0.25) is 5.91 Å². The fourth-order valence-corrected chi connectivity index (χ4v) is 4.05. The van der Waals surface area contributed by atoms with E-state index < -0.39 is 5.54 Å². The predicted octanol–water partition coefficient (Wildman–Crippen LogP) is 3.11. The van der Waals surface area contributed by atoms with Crippen molar-refractivity contribution >= 4 is 11.9 Å². The van der Waals surface area contributed by atoms with Gasteiger partial charge in [-0.1, -0.05) is 19.9 Å². The third-order valence-electron chi connectivity index (χ3n) is 5.91. The Morgan fingerprint density at radius 1 is 1.28 bits per heavy atom. The van der Waals surface area contributed by atoms with Gasteiger partial charge in [0.25, 0.3) is 0 Å². The van der Waals surface area contributed by atoms with Gasteiger partial charge in [0, 0.05) is 13.5 Å². The highest BCUT2D eigenvalue weighted by Gasteiger charge is 2.45. The molecule has 1 aromatic heterocycles. The summed E-state index contributed by atoms with van der Waals surface area (Å²) in [5.74, 6) is 0.914. The van der Waals surface area contributed by atoms with Crippen molar-refractivity contribution < 1.29 is 14.3 Å². The topological polar surface area (TPSA) is 90.2 Å². The second kappa shape index (κ2) is 8.71. The fourth-order valence-electron chi connectivity index (χ4n) is 4.05. The number of esters is 1. The van der Waals surface area contributed by atoms with Gasteiger partial charge in [-0.25, -0.2) is 4.79 Å². The molecule has 0 N–H and O–H groups in total. The molecule has 3 rings (SSSR count). The van der Waals surface area contributed by atoms with Gasteiger partial charge >= 0.3 is 5.97 Å². The number of amides is 1. The molecule has 1 fully saturated rings. The Kier molecular flexibility index (Phi) is 6.30. The first-order valence-corrected chi connectivity index (χ1v) is 10.3. The van der Waals surface area contributed by atoms with E-state index in [4.69, 9.17) is 4.74 Å². The summed E-state index contributed by atoms with van der Waals surface area (Å²) < 4.78 is 6.76. The number of rotatable bonds is 6. The quantitative estimate of drug-likeness (QED) is 0.693. The van der Waals surface area contributed by atoms with Crippen LogP contribution < -0.4 is 0 Å². The molecule has 0 bridgehead atoms. The van der Waals surface area contributed by atoms with Gasteiger partial charge in [-0.05, 0) is 67.2 Å². The first-order chi connectivity index (χ1) is 13.9. The van der Waals surface area contributed by atoms with Crippen LogP contribution in [0.4, 0.5) is 0 Å². The molecule has 1 aromatic carbocycles. The van der Waals surface area contributed by atoms with E-state index in [1.54, 1.807) is 29.8 Å². The minimum absolute atomic E-state index is 0.0642. The maximum atomic E-state index is 12.6. The van der Waals surface area contributed by atoms with Crippen LogP contribution >= 0.6 is 0 Å². The zero-order valence-electron chi connectivity index (χ0n) is 17.6. The van der Waals surface area contributed by atoms with Crippen LogP contribution in [0.15, 0.2) is 24.3 Å². The second-order valence-corrected chi connectivity index (χ2v) is 7.71. The molecule has 1 amide bonds. The molecule has 29 heavy (non-hydrogen) atoms. The van der Waals surface area contributed by atoms with Crippen LogP contribution in [0, 0.1) is 5.92 Å². The average molecular weight is 399 g/mol. The second-order valence-electron chi connectivity index (χ2n) is 7.71. The molecule has 0 atom stereocenters. The van der Waals surface area contributed by atoms with E-state index in [1.807, 2.05) is 24.9 Å². The maximum absolute atomic E-state index is 12.6. The molecular formula is C21H29N5O3. The van der Waals surface area contributed by atoms with E-state index >= 15 is 0 Å². The molecule has 8 heteroatoms. The zero-order chi connectivity index (χ0) is 21.0. The van der Waals surface area contributed by atoms with Crippen molar-refractivity contribution in [3.63, 3.8) is 0 Å². The van der Waals surface area contributed by atoms with Gasteiger partial charge in [0.1, 0.15) is 5.54 Å². The molecule has 8 nitrogen and oxygen atoms in total. The third-order valence-corrected chi connectivity index (χ3v) is 5.91. The van der Waals surface area contributed by atoms with Crippen molar-refractivity contribution in [3.05, 3.63) is 35.7 Å². The Balaban J connectivity index is 2.06. The smallest absolute Gasteiger partial charge is 0.338 e. The molecule has 0 radical (unpaired) electrons. The van der Waals surface area contributed by atoms with E-state index in [0.717, 1.165) is 25.7 Å². The van der Waals surface area contributed by atoms with E-state index in [0.29, 0.717) is 36.0 Å². The zero-order valence-corrected chi connectivity index (χ0v) is 17.6. The lowest BCUT2D eigenvalue weighted by atomic mass is 9.75. The van der Waals surface area contributed by atoms with Crippen LogP contribution in [-0.4, -0.2) is 50.6 Å². The van der Waals surface area contributed by atoms with Gasteiger partial charge in [0.15, 0.2) is 5.82 Å². The number of benzene rings is 1. The molecule has 1 heterocycles. The maximum Gasteiger partial charge on any atom is 0.338 e. The number of hydrogen-bond donors (Lipinski definition) is 0. The monoisotopic (exact) mass is 399 g/mol. The third kappa shape index (κ3) is 4.02. The van der Waals surface area contributed by atoms with E-state index in [2.05, 4.69) is 22.4 Å². The van der Waals surface area contributed by atoms with Crippen molar-refractivity contribution in [1.82, 2.24) is 25.1 Å². The van der Waals surface area contributed by atoms with E-state index in [1.165, 1.54) is 0 Å². The van der Waals surface area contributed by atoms with Crippen LogP contribution in [0.3, 0.4) is 0 Å². The summed E-state index contributed by atoms with van der Waals surface area (Å²) in [4.78, 5) is 26.6. The summed E-state index contributed by atoms with van der Waals surface area (Å²) in [5.41, 5.74) is 0.546. The molecule has 1 saturated carbocycles. The summed E-state index contributed by atoms with van der Waals surface area (Å²) in [7, 11) is 1.84. The molecule has 2 aromatic rings. The highest BCUT2D eigenvalue weighted by Crippen LogP contribution is 2.43. The van der Waals surface area contributed by atoms with E-state index in [9.17, 15) is 9.59 Å². The minimum Gasteiger partial charge on any atom is -0.462 e. The number of carbonyl (C=O) groups is 2.